The lowest BCUT2D eigenvalue weighted by atomic mass is 10.2. The first-order chi connectivity index (χ1) is 4.70. The van der Waals surface area contributed by atoms with Crippen molar-refractivity contribution in [2.24, 2.45) is 0 Å². The predicted octanol–water partition coefficient (Wildman–Crippen LogP) is 2.94. The van der Waals surface area contributed by atoms with Gasteiger partial charge in [-0.05, 0) is 12.8 Å². The molecule has 0 spiro atoms. The SMILES string of the molecule is CCCC(CC)OC(=O)Cl. The molecule has 0 aliphatic heterocycles. The van der Waals surface area contributed by atoms with Crippen LogP contribution in [0.15, 0.2) is 0 Å². The van der Waals surface area contributed by atoms with Crippen LogP contribution < -0.4 is 0 Å². The first-order valence-electron chi connectivity index (χ1n) is 3.56. The molecule has 0 saturated carbocycles. The molecule has 0 radical (unpaired) electrons. The minimum Gasteiger partial charge on any atom is -0.450 e. The molecule has 0 saturated heterocycles. The average molecular weight is 165 g/mol. The van der Waals surface area contributed by atoms with Crippen molar-refractivity contribution in [3.63, 3.8) is 0 Å². The van der Waals surface area contributed by atoms with Crippen molar-refractivity contribution in [2.75, 3.05) is 0 Å². The van der Waals surface area contributed by atoms with Crippen LogP contribution >= 0.6 is 11.6 Å². The van der Waals surface area contributed by atoms with Crippen molar-refractivity contribution in [1.82, 2.24) is 0 Å². The third kappa shape index (κ3) is 4.62. The molecule has 0 aliphatic rings. The van der Waals surface area contributed by atoms with E-state index in [1.807, 2.05) is 13.8 Å². The van der Waals surface area contributed by atoms with Crippen LogP contribution in [0.3, 0.4) is 0 Å². The molecular formula is C7H13ClO2. The number of halogens is 1. The Hall–Kier alpha value is -0.240. The number of hydrogen-bond acceptors (Lipinski definition) is 2. The van der Waals surface area contributed by atoms with E-state index in [4.69, 9.17) is 16.3 Å². The van der Waals surface area contributed by atoms with Crippen LogP contribution in [0.5, 0.6) is 0 Å². The zero-order valence-corrected chi connectivity index (χ0v) is 7.15. The van der Waals surface area contributed by atoms with E-state index in [9.17, 15) is 4.79 Å². The van der Waals surface area contributed by atoms with Gasteiger partial charge in [0.1, 0.15) is 6.10 Å². The number of hydrogen-bond donors (Lipinski definition) is 0. The van der Waals surface area contributed by atoms with Gasteiger partial charge in [-0.15, -0.1) is 0 Å². The number of rotatable bonds is 4. The zero-order chi connectivity index (χ0) is 7.98. The van der Waals surface area contributed by atoms with Crippen molar-refractivity contribution < 1.29 is 9.53 Å². The van der Waals surface area contributed by atoms with E-state index >= 15 is 0 Å². The van der Waals surface area contributed by atoms with Crippen molar-refractivity contribution in [2.45, 2.75) is 39.2 Å². The van der Waals surface area contributed by atoms with Gasteiger partial charge in [0, 0.05) is 11.6 Å². The first kappa shape index (κ1) is 9.76. The second kappa shape index (κ2) is 5.54. The Kier molecular flexibility index (Phi) is 5.40. The Morgan fingerprint density at radius 2 is 2.20 bits per heavy atom. The summed E-state index contributed by atoms with van der Waals surface area (Å²) >= 11 is 5.03. The maximum atomic E-state index is 10.2. The molecule has 0 amide bonds. The summed E-state index contributed by atoms with van der Waals surface area (Å²) < 4.78 is 4.77. The molecule has 0 N–H and O–H groups in total. The highest BCUT2D eigenvalue weighted by molar-refractivity contribution is 6.61. The molecule has 1 unspecified atom stereocenters. The minimum absolute atomic E-state index is 0.00926. The van der Waals surface area contributed by atoms with E-state index in [-0.39, 0.29) is 6.10 Å². The van der Waals surface area contributed by atoms with Crippen LogP contribution in [0.25, 0.3) is 0 Å². The third-order valence-corrected chi connectivity index (χ3v) is 1.41. The fourth-order valence-electron chi connectivity index (χ4n) is 0.799. The largest absolute Gasteiger partial charge is 0.450 e. The van der Waals surface area contributed by atoms with Crippen LogP contribution in [-0.4, -0.2) is 11.5 Å². The summed E-state index contributed by atoms with van der Waals surface area (Å²) in [5.74, 6) is 0. The molecule has 1 atom stereocenters. The molecule has 0 aromatic rings. The molecule has 3 heteroatoms. The molecule has 0 rings (SSSR count). The molecule has 2 nitrogen and oxygen atoms in total. The summed E-state index contributed by atoms with van der Waals surface area (Å²) in [5.41, 5.74) is -0.694. The standard InChI is InChI=1S/C7H13ClO2/c1-3-5-6(4-2)10-7(8)9/h6H,3-5H2,1-2H3. The van der Waals surface area contributed by atoms with Crippen LogP contribution in [0.1, 0.15) is 33.1 Å². The molecule has 60 valence electrons. The van der Waals surface area contributed by atoms with E-state index in [2.05, 4.69) is 0 Å². The minimum atomic E-state index is -0.694. The van der Waals surface area contributed by atoms with Gasteiger partial charge in [0.15, 0.2) is 0 Å². The third-order valence-electron chi connectivity index (χ3n) is 1.33. The predicted molar refractivity (Wildman–Crippen MR) is 41.3 cm³/mol. The summed E-state index contributed by atoms with van der Waals surface area (Å²) in [4.78, 5) is 10.2. The van der Waals surface area contributed by atoms with Gasteiger partial charge in [0.05, 0.1) is 0 Å². The van der Waals surface area contributed by atoms with Crippen LogP contribution in [0, 0.1) is 0 Å². The lowest BCUT2D eigenvalue weighted by molar-refractivity contribution is 0.112. The van der Waals surface area contributed by atoms with Gasteiger partial charge in [-0.2, -0.15) is 0 Å². The Labute approximate surface area is 66.5 Å². The highest BCUT2D eigenvalue weighted by Gasteiger charge is 2.07. The summed E-state index contributed by atoms with van der Waals surface area (Å²) in [6.45, 7) is 4.02. The fraction of sp³-hybridized carbons (Fsp3) is 0.857. The van der Waals surface area contributed by atoms with Crippen LogP contribution in [-0.2, 0) is 4.74 Å². The van der Waals surface area contributed by atoms with E-state index in [1.54, 1.807) is 0 Å². The lowest BCUT2D eigenvalue weighted by Gasteiger charge is -2.11. The maximum Gasteiger partial charge on any atom is 0.404 e. The van der Waals surface area contributed by atoms with Gasteiger partial charge >= 0.3 is 5.43 Å². The second-order valence-corrected chi connectivity index (χ2v) is 2.48. The smallest absolute Gasteiger partial charge is 0.404 e. The monoisotopic (exact) mass is 164 g/mol. The van der Waals surface area contributed by atoms with E-state index in [0.29, 0.717) is 0 Å². The van der Waals surface area contributed by atoms with E-state index < -0.39 is 5.43 Å². The molecule has 0 aromatic heterocycles. The first-order valence-corrected chi connectivity index (χ1v) is 3.94. The van der Waals surface area contributed by atoms with Gasteiger partial charge in [-0.3, -0.25) is 0 Å². The number of carbonyl (C=O) groups excluding carboxylic acids is 1. The van der Waals surface area contributed by atoms with Gasteiger partial charge in [-0.1, -0.05) is 20.3 Å². The highest BCUT2D eigenvalue weighted by Crippen LogP contribution is 2.07. The van der Waals surface area contributed by atoms with Crippen LogP contribution in [0.4, 0.5) is 4.79 Å². The normalized spacial score (nSPS) is 12.7. The Morgan fingerprint density at radius 1 is 1.60 bits per heavy atom. The molecule has 0 heterocycles. The maximum absolute atomic E-state index is 10.2. The Bertz CT molecular complexity index is 104. The molecule has 0 fully saturated rings. The van der Waals surface area contributed by atoms with Crippen LogP contribution in [0.2, 0.25) is 0 Å². The zero-order valence-electron chi connectivity index (χ0n) is 6.39. The summed E-state index contributed by atoms with van der Waals surface area (Å²) in [6, 6.07) is 0. The Balaban J connectivity index is 3.49. The highest BCUT2D eigenvalue weighted by atomic mass is 35.5. The van der Waals surface area contributed by atoms with Gasteiger partial charge in [0.25, 0.3) is 0 Å². The molecule has 0 aliphatic carbocycles. The summed E-state index contributed by atoms with van der Waals surface area (Å²) in [5, 5.41) is 0. The van der Waals surface area contributed by atoms with E-state index in [1.165, 1.54) is 0 Å². The quantitative estimate of drug-likeness (QED) is 0.598. The van der Waals surface area contributed by atoms with Gasteiger partial charge < -0.3 is 4.74 Å². The van der Waals surface area contributed by atoms with E-state index in [0.717, 1.165) is 19.3 Å². The molecule has 0 aromatic carbocycles. The van der Waals surface area contributed by atoms with Crippen molar-refractivity contribution in [3.8, 4) is 0 Å². The van der Waals surface area contributed by atoms with Crippen molar-refractivity contribution in [3.05, 3.63) is 0 Å². The number of carbonyl (C=O) groups is 1. The van der Waals surface area contributed by atoms with Crippen molar-refractivity contribution in [1.29, 1.82) is 0 Å². The lowest BCUT2D eigenvalue weighted by Crippen LogP contribution is -2.12. The topological polar surface area (TPSA) is 26.3 Å². The summed E-state index contributed by atoms with van der Waals surface area (Å²) in [6.07, 6.45) is 2.76. The second-order valence-electron chi connectivity index (χ2n) is 2.17. The average Bonchev–Trinajstić information content (AvgIpc) is 1.86. The van der Waals surface area contributed by atoms with Gasteiger partial charge in [-0.25, -0.2) is 4.79 Å². The molecular weight excluding hydrogens is 152 g/mol. The van der Waals surface area contributed by atoms with Gasteiger partial charge in [0.2, 0.25) is 0 Å². The Morgan fingerprint density at radius 3 is 2.50 bits per heavy atom. The molecule has 10 heavy (non-hydrogen) atoms. The number of ether oxygens (including phenoxy) is 1. The molecule has 0 bridgehead atoms. The van der Waals surface area contributed by atoms with Crippen molar-refractivity contribution >= 4 is 17.0 Å². The fourth-order valence-corrected chi connectivity index (χ4v) is 0.925. The summed E-state index contributed by atoms with van der Waals surface area (Å²) in [7, 11) is 0.